The first-order valence-corrected chi connectivity index (χ1v) is 25.6. The zero-order valence-electron chi connectivity index (χ0n) is 36.9. The van der Waals surface area contributed by atoms with Crippen LogP contribution in [0, 0.1) is 24.7 Å². The predicted octanol–water partition coefficient (Wildman–Crippen LogP) is 19.1. The number of halogens is 3. The Morgan fingerprint density at radius 1 is 0.422 bits per heavy atom. The van der Waals surface area contributed by atoms with Crippen LogP contribution in [0.4, 0.5) is 24.5 Å². The maximum Gasteiger partial charge on any atom is 0.125 e. The molecule has 0 bridgehead atoms. The van der Waals surface area contributed by atoms with Crippen molar-refractivity contribution < 1.29 is 13.2 Å². The second-order valence-corrected chi connectivity index (χ2v) is 22.1. The summed E-state index contributed by atoms with van der Waals surface area (Å²) in [7, 11) is 0. The van der Waals surface area contributed by atoms with Gasteiger partial charge in [0.25, 0.3) is 0 Å². The number of thiophene rings is 3. The van der Waals surface area contributed by atoms with E-state index in [-0.39, 0.29) is 0 Å². The van der Waals surface area contributed by atoms with Crippen LogP contribution in [0.15, 0.2) is 118 Å². The van der Waals surface area contributed by atoms with Crippen molar-refractivity contribution in [1.29, 1.82) is 0 Å². The van der Waals surface area contributed by atoms with Crippen molar-refractivity contribution in [1.82, 2.24) is 8.75 Å². The molecule has 4 aromatic heterocycles. The lowest BCUT2D eigenvalue weighted by Gasteiger charge is -2.11. The average molecular weight is 949 g/mol. The third-order valence-electron chi connectivity index (χ3n) is 11.1. The van der Waals surface area contributed by atoms with E-state index in [4.69, 9.17) is 17.5 Å². The molecule has 9 rings (SSSR count). The van der Waals surface area contributed by atoms with Crippen LogP contribution in [0.1, 0.15) is 101 Å². The van der Waals surface area contributed by atoms with Gasteiger partial charge in [0.2, 0.25) is 0 Å². The Kier molecular flexibility index (Phi) is 14.6. The van der Waals surface area contributed by atoms with E-state index in [1.54, 1.807) is 34.0 Å². The fourth-order valence-corrected chi connectivity index (χ4v) is 11.9. The van der Waals surface area contributed by atoms with Crippen molar-refractivity contribution in [2.24, 2.45) is 26.5 Å². The van der Waals surface area contributed by atoms with Gasteiger partial charge in [-0.15, -0.1) is 34.0 Å². The maximum absolute atomic E-state index is 14.7. The summed E-state index contributed by atoms with van der Waals surface area (Å²) in [6.07, 6.45) is -1.11. The largest absolute Gasteiger partial charge is 0.242 e. The fraction of sp³-hybridized carbons (Fsp3) is 0.308. The van der Waals surface area contributed by atoms with E-state index in [2.05, 4.69) is 57.2 Å². The number of alkyl halides is 3. The van der Waals surface area contributed by atoms with Crippen LogP contribution in [-0.4, -0.2) is 8.75 Å². The Labute approximate surface area is 394 Å². The molecule has 3 atom stereocenters. The molecule has 0 saturated heterocycles. The summed E-state index contributed by atoms with van der Waals surface area (Å²) in [6, 6.07) is 36.1. The standard InChI is InChI=1S/C36H32F2N4S4.C16H19FS/c1-19(2)17-25(37)21-5-9-23(10-6-21)27-13-15-29(43-27)31-33-35(41-45-39-33)32(36-34(31)40-46-42-36)30-16-14-28(44-30)24-11-7-22(8-12-24)26(38)18-20(3)4;1-11(2)10-15(17)13-5-7-14(8-6-13)16-9-4-12(3)18-16/h5-16,19-20,25-26H,17-18H2,1-4H3;4-9,11,15H,10H2,1-3H3. The monoisotopic (exact) mass is 948 g/mol. The molecular weight excluding hydrogens is 898 g/mol. The van der Waals surface area contributed by atoms with Gasteiger partial charge in [-0.25, -0.2) is 13.2 Å². The van der Waals surface area contributed by atoms with Gasteiger partial charge in [0.15, 0.2) is 0 Å². The van der Waals surface area contributed by atoms with Gasteiger partial charge >= 0.3 is 0 Å². The Morgan fingerprint density at radius 3 is 1.08 bits per heavy atom. The summed E-state index contributed by atoms with van der Waals surface area (Å²) in [5.74, 6) is 1.00. The van der Waals surface area contributed by atoms with Crippen LogP contribution >= 0.6 is 45.7 Å². The average Bonchev–Trinajstić information content (AvgIpc) is 4.14. The number of hydrogen-bond donors (Lipinski definition) is 0. The van der Waals surface area contributed by atoms with E-state index in [1.165, 1.54) is 38.4 Å². The molecule has 0 aliphatic carbocycles. The lowest BCUT2D eigenvalue weighted by Crippen LogP contribution is -1.97. The van der Waals surface area contributed by atoms with Gasteiger partial charge in [-0.3, -0.25) is 0 Å². The topological polar surface area (TPSA) is 50.5 Å². The minimum Gasteiger partial charge on any atom is -0.242 e. The number of rotatable bonds is 14. The smallest absolute Gasteiger partial charge is 0.125 e. The van der Waals surface area contributed by atoms with Crippen LogP contribution in [0.2, 0.25) is 0 Å². The zero-order valence-corrected chi connectivity index (χ0v) is 41.0. The molecule has 0 N–H and O–H groups in total. The fourth-order valence-electron chi connectivity index (χ4n) is 7.79. The molecule has 330 valence electrons. The van der Waals surface area contributed by atoms with Gasteiger partial charge in [0.1, 0.15) is 40.9 Å². The summed E-state index contributed by atoms with van der Waals surface area (Å²) in [5.41, 5.74) is 10.7. The second kappa shape index (κ2) is 20.3. The van der Waals surface area contributed by atoms with Gasteiger partial charge in [-0.1, -0.05) is 114 Å². The van der Waals surface area contributed by atoms with E-state index in [1.807, 2.05) is 100 Å². The SMILES string of the molecule is CC(C)CC(F)c1ccc(-c2ccc(-c3c4c(c(-c5ccc(-c6ccc(C(F)CC(C)C)cc6)s5)c5nsnc35)N=S=N4)s2)cc1.Cc1ccc(-c2ccc(C(F)CC(C)C)cc2)s1. The van der Waals surface area contributed by atoms with Crippen molar-refractivity contribution >= 4 is 79.5 Å². The molecule has 0 spiro atoms. The lowest BCUT2D eigenvalue weighted by atomic mass is 9.99. The Hall–Kier alpha value is -4.59. The lowest BCUT2D eigenvalue weighted by molar-refractivity contribution is 0.289. The number of aryl methyl sites for hydroxylation is 1. The minimum atomic E-state index is -0.953. The van der Waals surface area contributed by atoms with Crippen molar-refractivity contribution in [2.75, 3.05) is 0 Å². The van der Waals surface area contributed by atoms with Crippen molar-refractivity contribution in [2.45, 2.75) is 86.2 Å². The van der Waals surface area contributed by atoms with Gasteiger partial charge < -0.3 is 0 Å². The summed E-state index contributed by atoms with van der Waals surface area (Å²) in [4.78, 5) is 6.82. The molecular formula is C52H51F3N4S5. The number of nitrogens with zero attached hydrogens (tertiary/aromatic N) is 4. The molecule has 0 fully saturated rings. The highest BCUT2D eigenvalue weighted by Gasteiger charge is 2.28. The first-order valence-electron chi connectivity index (χ1n) is 21.7. The summed E-state index contributed by atoms with van der Waals surface area (Å²) < 4.78 is 62.3. The van der Waals surface area contributed by atoms with E-state index < -0.39 is 18.5 Å². The van der Waals surface area contributed by atoms with E-state index in [0.29, 0.717) is 37.0 Å². The molecule has 12 heteroatoms. The number of aromatic nitrogens is 2. The molecule has 5 heterocycles. The summed E-state index contributed by atoms with van der Waals surface area (Å²) in [5, 5.41) is 0. The van der Waals surface area contributed by atoms with Crippen LogP contribution in [0.3, 0.4) is 0 Å². The highest BCUT2D eigenvalue weighted by molar-refractivity contribution is 7.58. The predicted molar refractivity (Wildman–Crippen MR) is 271 cm³/mol. The highest BCUT2D eigenvalue weighted by atomic mass is 32.1. The molecule has 1 aliphatic heterocycles. The molecule has 64 heavy (non-hydrogen) atoms. The molecule has 8 aromatic rings. The number of benzene rings is 4. The summed E-state index contributed by atoms with van der Waals surface area (Å²) >= 11 is 7.49. The Balaban J connectivity index is 0.000000260. The Bertz CT molecular complexity index is 2760. The van der Waals surface area contributed by atoms with Crippen LogP contribution in [0.25, 0.3) is 63.2 Å². The second-order valence-electron chi connectivity index (χ2n) is 17.6. The number of hydrogen-bond acceptors (Lipinski definition) is 8. The molecule has 0 amide bonds. The molecule has 4 nitrogen and oxygen atoms in total. The molecule has 4 aromatic carbocycles. The van der Waals surface area contributed by atoms with Gasteiger partial charge in [-0.05, 0) is 114 Å². The van der Waals surface area contributed by atoms with Crippen LogP contribution < -0.4 is 0 Å². The normalized spacial score (nSPS) is 13.6. The Morgan fingerprint density at radius 2 is 0.750 bits per heavy atom. The zero-order chi connectivity index (χ0) is 45.1. The molecule has 3 unspecified atom stereocenters. The van der Waals surface area contributed by atoms with Crippen LogP contribution in [0.5, 0.6) is 0 Å². The molecule has 0 saturated carbocycles. The maximum atomic E-state index is 14.7. The highest BCUT2D eigenvalue weighted by Crippen LogP contribution is 2.54. The minimum absolute atomic E-state index is 0.306. The van der Waals surface area contributed by atoms with E-state index >= 15 is 0 Å². The number of fused-ring (bicyclic) bond motifs is 2. The van der Waals surface area contributed by atoms with Crippen molar-refractivity contribution in [3.05, 3.63) is 131 Å². The third-order valence-corrected chi connectivity index (χ3v) is 15.5. The van der Waals surface area contributed by atoms with Crippen molar-refractivity contribution in [3.63, 3.8) is 0 Å². The molecule has 0 radical (unpaired) electrons. The third kappa shape index (κ3) is 10.4. The van der Waals surface area contributed by atoms with Gasteiger partial charge in [0.05, 0.1) is 23.1 Å². The van der Waals surface area contributed by atoms with Crippen LogP contribution in [-0.2, 0) is 11.4 Å². The first kappa shape index (κ1) is 46.0. The van der Waals surface area contributed by atoms with Crippen molar-refractivity contribution in [3.8, 4) is 52.2 Å². The molecule has 1 aliphatic rings. The van der Waals surface area contributed by atoms with Gasteiger partial charge in [-0.2, -0.15) is 17.5 Å². The van der Waals surface area contributed by atoms with E-state index in [9.17, 15) is 13.2 Å². The first-order chi connectivity index (χ1) is 30.8. The van der Waals surface area contributed by atoms with Gasteiger partial charge in [0, 0.05) is 40.4 Å². The summed E-state index contributed by atoms with van der Waals surface area (Å²) in [6.45, 7) is 14.4. The van der Waals surface area contributed by atoms with E-state index in [0.717, 1.165) is 80.9 Å². The quantitative estimate of drug-likeness (QED) is 0.109.